The van der Waals surface area contributed by atoms with Crippen LogP contribution in [0.2, 0.25) is 0 Å². The van der Waals surface area contributed by atoms with Crippen LogP contribution in [-0.4, -0.2) is 85.4 Å². The molecule has 14 heteroatoms. The highest BCUT2D eigenvalue weighted by molar-refractivity contribution is 6.00. The number of carbonyl (C=O) groups is 4. The van der Waals surface area contributed by atoms with Gasteiger partial charge in [-0.25, -0.2) is 0 Å². The summed E-state index contributed by atoms with van der Waals surface area (Å²) in [5, 5.41) is 6.21. The van der Waals surface area contributed by atoms with Crippen molar-refractivity contribution in [2.45, 2.75) is 89.8 Å². The van der Waals surface area contributed by atoms with E-state index in [2.05, 4.69) is 10.6 Å². The average Bonchev–Trinajstić information content (AvgIpc) is 3.99. The van der Waals surface area contributed by atoms with Crippen molar-refractivity contribution < 1.29 is 47.6 Å². The summed E-state index contributed by atoms with van der Waals surface area (Å²) in [7, 11) is 3.27. The summed E-state index contributed by atoms with van der Waals surface area (Å²) >= 11 is 0. The monoisotopic (exact) mass is 872 g/mol. The Morgan fingerprint density at radius 3 is 1.27 bits per heavy atom. The van der Waals surface area contributed by atoms with E-state index in [1.54, 1.807) is 64.3 Å². The maximum absolute atomic E-state index is 13.2. The zero-order chi connectivity index (χ0) is 45.3. The zero-order valence-corrected chi connectivity index (χ0v) is 37.1. The van der Waals surface area contributed by atoms with Gasteiger partial charge in [0, 0.05) is 26.9 Å². The Balaban J connectivity index is 0.000000191. The van der Waals surface area contributed by atoms with E-state index >= 15 is 0 Å². The van der Waals surface area contributed by atoms with Gasteiger partial charge in [0.15, 0.2) is 23.0 Å². The van der Waals surface area contributed by atoms with Gasteiger partial charge in [-0.1, -0.05) is 60.7 Å². The second-order valence-corrected chi connectivity index (χ2v) is 16.3. The Morgan fingerprint density at radius 1 is 0.469 bits per heavy atom. The van der Waals surface area contributed by atoms with Crippen LogP contribution in [0.4, 0.5) is 0 Å². The van der Waals surface area contributed by atoms with Crippen molar-refractivity contribution in [3.63, 3.8) is 0 Å². The third-order valence-corrected chi connectivity index (χ3v) is 11.7. The fourth-order valence-electron chi connectivity index (χ4n) is 7.55. The van der Waals surface area contributed by atoms with E-state index in [0.717, 1.165) is 11.1 Å². The van der Waals surface area contributed by atoms with Gasteiger partial charge in [-0.3, -0.25) is 19.2 Å². The summed E-state index contributed by atoms with van der Waals surface area (Å²) in [5.41, 5.74) is 2.70. The lowest BCUT2D eigenvalue weighted by atomic mass is 10.0. The van der Waals surface area contributed by atoms with Crippen LogP contribution in [0, 0.1) is 0 Å². The molecule has 0 fully saturated rings. The molecule has 0 aliphatic carbocycles. The molecule has 0 bridgehead atoms. The second kappa shape index (κ2) is 20.5. The van der Waals surface area contributed by atoms with E-state index in [0.29, 0.717) is 71.3 Å². The molecular formula is C50H56N4O10. The van der Waals surface area contributed by atoms with Crippen molar-refractivity contribution in [1.82, 2.24) is 20.4 Å². The normalized spacial score (nSPS) is 24.7. The first kappa shape index (κ1) is 45.1. The molecule has 0 aromatic heterocycles. The van der Waals surface area contributed by atoms with Crippen molar-refractivity contribution in [2.75, 3.05) is 27.7 Å². The summed E-state index contributed by atoms with van der Waals surface area (Å²) in [5.74, 6) is 2.77. The predicted octanol–water partition coefficient (Wildman–Crippen LogP) is 7.70. The molecule has 4 aromatic carbocycles. The molecule has 4 heterocycles. The molecule has 14 nitrogen and oxygen atoms in total. The summed E-state index contributed by atoms with van der Waals surface area (Å²) in [6.07, 6.45) is 10.5. The molecule has 0 spiro atoms. The minimum absolute atomic E-state index is 0.107. The first-order valence-electron chi connectivity index (χ1n) is 21.6. The third kappa shape index (κ3) is 10.6. The minimum atomic E-state index is -0.670. The SMILES string of the molecule is C[C@H]1C/C=C/C[C@H](c2ccc3c(c2)OCO3)NC(=O)[C@H](C)N(C)C(=O)c2ccccc2O1.C[C@H]1C/C=C\C[C@H](c2ccc3c(c2)OCO3)NC(=O)[C@H](C)N(C)C(=O)c2ccccc2O1. The molecule has 4 amide bonds. The third-order valence-electron chi connectivity index (χ3n) is 11.7. The molecular weight excluding hydrogens is 817 g/mol. The van der Waals surface area contributed by atoms with Gasteiger partial charge >= 0.3 is 0 Å². The van der Waals surface area contributed by atoms with Gasteiger partial charge < -0.3 is 48.9 Å². The van der Waals surface area contributed by atoms with E-state index in [1.165, 1.54) is 9.80 Å². The van der Waals surface area contributed by atoms with Crippen LogP contribution in [0.25, 0.3) is 0 Å². The molecule has 336 valence electrons. The standard InChI is InChI=1S/2C25H28N2O5/c2*1-16-8-4-6-10-20(18-12-13-22-23(14-18)31-15-30-22)26-24(28)17(2)27(3)25(29)19-9-5-7-11-21(19)32-16/h2*4-7,9,11-14,16-17,20H,8,10,15H2,1-3H3,(H,26,28)/b6-4+;6-4-/t2*16-,17-,20+/m00/s1. The van der Waals surface area contributed by atoms with Crippen LogP contribution in [0.3, 0.4) is 0 Å². The zero-order valence-electron chi connectivity index (χ0n) is 37.1. The number of nitrogens with one attached hydrogen (secondary N) is 2. The minimum Gasteiger partial charge on any atom is -0.490 e. The number of para-hydroxylation sites is 2. The number of ether oxygens (including phenoxy) is 6. The number of amides is 4. The van der Waals surface area contributed by atoms with Gasteiger partial charge in [0.1, 0.15) is 23.6 Å². The number of rotatable bonds is 2. The molecule has 4 aliphatic heterocycles. The molecule has 64 heavy (non-hydrogen) atoms. The fraction of sp³-hybridized carbons (Fsp3) is 0.360. The fourth-order valence-corrected chi connectivity index (χ4v) is 7.55. The number of nitrogens with zero attached hydrogens (tertiary/aromatic N) is 2. The Morgan fingerprint density at radius 2 is 0.844 bits per heavy atom. The van der Waals surface area contributed by atoms with Crippen LogP contribution < -0.4 is 39.1 Å². The van der Waals surface area contributed by atoms with Crippen LogP contribution in [0.15, 0.2) is 109 Å². The van der Waals surface area contributed by atoms with Crippen molar-refractivity contribution in [1.29, 1.82) is 0 Å². The lowest BCUT2D eigenvalue weighted by Gasteiger charge is -2.28. The Labute approximate surface area is 374 Å². The maximum atomic E-state index is 13.2. The Hall–Kier alpha value is -6.96. The summed E-state index contributed by atoms with van der Waals surface area (Å²) in [6, 6.07) is 23.7. The molecule has 4 aromatic rings. The van der Waals surface area contributed by atoms with Crippen LogP contribution in [0.5, 0.6) is 34.5 Å². The number of hydrogen-bond donors (Lipinski definition) is 2. The van der Waals surface area contributed by atoms with E-state index in [-0.39, 0.29) is 61.5 Å². The largest absolute Gasteiger partial charge is 0.490 e. The van der Waals surface area contributed by atoms with E-state index in [4.69, 9.17) is 28.4 Å². The Kier molecular flexibility index (Phi) is 14.4. The van der Waals surface area contributed by atoms with Crippen LogP contribution >= 0.6 is 0 Å². The summed E-state index contributed by atoms with van der Waals surface area (Å²) < 4.78 is 33.9. The van der Waals surface area contributed by atoms with Gasteiger partial charge in [0.2, 0.25) is 25.4 Å². The summed E-state index contributed by atoms with van der Waals surface area (Å²) in [6.45, 7) is 7.77. The quantitative estimate of drug-likeness (QED) is 0.192. The highest BCUT2D eigenvalue weighted by atomic mass is 16.7. The van der Waals surface area contributed by atoms with Crippen molar-refractivity contribution >= 4 is 23.6 Å². The molecule has 8 rings (SSSR count). The van der Waals surface area contributed by atoms with Crippen LogP contribution in [0.1, 0.15) is 97.3 Å². The predicted molar refractivity (Wildman–Crippen MR) is 240 cm³/mol. The molecule has 2 N–H and O–H groups in total. The number of fused-ring (bicyclic) bond motifs is 4. The van der Waals surface area contributed by atoms with Gasteiger partial charge in [-0.2, -0.15) is 0 Å². The number of benzene rings is 4. The topological polar surface area (TPSA) is 154 Å². The molecule has 0 radical (unpaired) electrons. The second-order valence-electron chi connectivity index (χ2n) is 16.3. The van der Waals surface area contributed by atoms with Crippen molar-refractivity contribution in [3.8, 4) is 34.5 Å². The smallest absolute Gasteiger partial charge is 0.258 e. The van der Waals surface area contributed by atoms with Crippen molar-refractivity contribution in [3.05, 3.63) is 131 Å². The highest BCUT2D eigenvalue weighted by Crippen LogP contribution is 2.37. The van der Waals surface area contributed by atoms with Gasteiger partial charge in [0.25, 0.3) is 11.8 Å². The van der Waals surface area contributed by atoms with Crippen molar-refractivity contribution in [2.24, 2.45) is 0 Å². The van der Waals surface area contributed by atoms with E-state index in [9.17, 15) is 19.2 Å². The lowest BCUT2D eigenvalue weighted by Crippen LogP contribution is -2.47. The maximum Gasteiger partial charge on any atom is 0.258 e. The summed E-state index contributed by atoms with van der Waals surface area (Å²) in [4.78, 5) is 55.4. The van der Waals surface area contributed by atoms with E-state index < -0.39 is 12.1 Å². The van der Waals surface area contributed by atoms with E-state index in [1.807, 2.05) is 86.7 Å². The highest BCUT2D eigenvalue weighted by Gasteiger charge is 2.30. The Bertz CT molecular complexity index is 2230. The van der Waals surface area contributed by atoms with Gasteiger partial charge in [-0.15, -0.1) is 0 Å². The van der Waals surface area contributed by atoms with Crippen LogP contribution in [-0.2, 0) is 9.59 Å². The molecule has 0 saturated heterocycles. The number of likely N-dealkylation sites (N-methyl/N-ethyl adjacent to an activating group) is 2. The lowest BCUT2D eigenvalue weighted by molar-refractivity contribution is -0.126. The van der Waals surface area contributed by atoms with Gasteiger partial charge in [0.05, 0.1) is 35.4 Å². The molecule has 0 saturated carbocycles. The molecule has 6 atom stereocenters. The average molecular weight is 873 g/mol. The number of hydrogen-bond acceptors (Lipinski definition) is 10. The first-order chi connectivity index (χ1) is 30.9. The molecule has 4 aliphatic rings. The molecule has 0 unspecified atom stereocenters. The first-order valence-corrected chi connectivity index (χ1v) is 21.6. The van der Waals surface area contributed by atoms with Gasteiger partial charge in [-0.05, 0) is 100 Å². The number of carbonyl (C=O) groups excluding carboxylic acids is 4.